The zero-order chi connectivity index (χ0) is 28.3. The van der Waals surface area contributed by atoms with Crippen molar-refractivity contribution in [1.82, 2.24) is 10.3 Å². The molecule has 1 aromatic carbocycles. The third kappa shape index (κ3) is 10.6. The van der Waals surface area contributed by atoms with Crippen LogP contribution in [0.15, 0.2) is 47.8 Å². The standard InChI is InChI=1S/C27H34N4O8/c1-27(2,3)38-26(35)29-13-11-23(32)30-19-7-6-8-20(16-19)37-17-22(31-39-24-9-4-5-14-36-24)21-15-18(25(33)34)10-12-28-21/h6-8,10,12,15-16,24H,4-5,9,11,13-14,17H2,1-3H3,(H,29,35)(H,30,32)(H,33,34)/b31-22+. The first kappa shape index (κ1) is 29.4. The van der Waals surface area contributed by atoms with Crippen LogP contribution in [0.1, 0.15) is 62.5 Å². The number of aromatic carboxylic acids is 1. The van der Waals surface area contributed by atoms with Gasteiger partial charge >= 0.3 is 12.1 Å². The summed E-state index contributed by atoms with van der Waals surface area (Å²) in [5.74, 6) is -0.975. The van der Waals surface area contributed by atoms with E-state index in [1.807, 2.05) is 0 Å². The molecule has 0 bridgehead atoms. The first-order valence-electron chi connectivity index (χ1n) is 12.6. The van der Waals surface area contributed by atoms with E-state index in [1.54, 1.807) is 45.0 Å². The zero-order valence-corrected chi connectivity index (χ0v) is 22.3. The van der Waals surface area contributed by atoms with Crippen molar-refractivity contribution in [1.29, 1.82) is 0 Å². The second-order valence-corrected chi connectivity index (χ2v) is 9.72. The second-order valence-electron chi connectivity index (χ2n) is 9.72. The third-order valence-electron chi connectivity index (χ3n) is 5.23. The molecule has 39 heavy (non-hydrogen) atoms. The van der Waals surface area contributed by atoms with Crippen LogP contribution in [0.5, 0.6) is 5.75 Å². The number of benzene rings is 1. The predicted molar refractivity (Wildman–Crippen MR) is 142 cm³/mol. The van der Waals surface area contributed by atoms with Gasteiger partial charge in [0.1, 0.15) is 23.7 Å². The fourth-order valence-electron chi connectivity index (χ4n) is 3.42. The van der Waals surface area contributed by atoms with Crippen molar-refractivity contribution < 1.29 is 38.5 Å². The van der Waals surface area contributed by atoms with Gasteiger partial charge in [-0.3, -0.25) is 9.78 Å². The number of carbonyl (C=O) groups excluding carboxylic acids is 2. The normalized spacial score (nSPS) is 15.7. The molecule has 12 heteroatoms. The Morgan fingerprint density at radius 3 is 2.72 bits per heavy atom. The molecule has 2 aromatic rings. The van der Waals surface area contributed by atoms with Crippen molar-refractivity contribution in [2.75, 3.05) is 25.1 Å². The van der Waals surface area contributed by atoms with Crippen LogP contribution >= 0.6 is 0 Å². The van der Waals surface area contributed by atoms with Gasteiger partial charge in [-0.1, -0.05) is 11.2 Å². The van der Waals surface area contributed by atoms with Gasteiger partial charge in [-0.05, 0) is 57.9 Å². The number of carboxylic acids is 1. The van der Waals surface area contributed by atoms with E-state index < -0.39 is 24.0 Å². The molecule has 1 fully saturated rings. The number of pyridine rings is 1. The molecule has 210 valence electrons. The largest absolute Gasteiger partial charge is 0.487 e. The van der Waals surface area contributed by atoms with Crippen molar-refractivity contribution in [3.05, 3.63) is 53.9 Å². The molecule has 1 saturated heterocycles. The lowest BCUT2D eigenvalue weighted by Crippen LogP contribution is -2.34. The van der Waals surface area contributed by atoms with Crippen LogP contribution in [0.25, 0.3) is 0 Å². The Balaban J connectivity index is 1.60. The molecule has 0 saturated carbocycles. The lowest BCUT2D eigenvalue weighted by atomic mass is 10.2. The summed E-state index contributed by atoms with van der Waals surface area (Å²) in [4.78, 5) is 45.2. The number of carboxylic acid groups (broad SMARTS) is 1. The average Bonchev–Trinajstić information content (AvgIpc) is 2.88. The number of aromatic nitrogens is 1. The Labute approximate surface area is 226 Å². The van der Waals surface area contributed by atoms with E-state index >= 15 is 0 Å². The number of ether oxygens (including phenoxy) is 3. The van der Waals surface area contributed by atoms with Gasteiger partial charge in [0.15, 0.2) is 0 Å². The molecule has 12 nitrogen and oxygen atoms in total. The maximum atomic E-state index is 12.3. The third-order valence-corrected chi connectivity index (χ3v) is 5.23. The monoisotopic (exact) mass is 542 g/mol. The number of nitrogens with one attached hydrogen (secondary N) is 2. The number of amides is 2. The number of oxime groups is 1. The fraction of sp³-hybridized carbons (Fsp3) is 0.444. The van der Waals surface area contributed by atoms with Crippen molar-refractivity contribution in [3.8, 4) is 5.75 Å². The molecule has 2 heterocycles. The van der Waals surface area contributed by atoms with Crippen molar-refractivity contribution in [3.63, 3.8) is 0 Å². The molecular weight excluding hydrogens is 508 g/mol. The Hall–Kier alpha value is -4.19. The van der Waals surface area contributed by atoms with Crippen molar-refractivity contribution in [2.24, 2.45) is 5.16 Å². The zero-order valence-electron chi connectivity index (χ0n) is 22.3. The Morgan fingerprint density at radius 2 is 2.00 bits per heavy atom. The minimum Gasteiger partial charge on any atom is -0.487 e. The molecule has 0 spiro atoms. The summed E-state index contributed by atoms with van der Waals surface area (Å²) >= 11 is 0. The van der Waals surface area contributed by atoms with Gasteiger partial charge in [0.05, 0.1) is 17.9 Å². The number of carbonyl (C=O) groups is 3. The van der Waals surface area contributed by atoms with E-state index in [0.29, 0.717) is 24.5 Å². The van der Waals surface area contributed by atoms with Crippen LogP contribution in [0, 0.1) is 0 Å². The van der Waals surface area contributed by atoms with Crippen molar-refractivity contribution in [2.45, 2.75) is 58.3 Å². The Kier molecular flexibility index (Phi) is 10.6. The van der Waals surface area contributed by atoms with Gasteiger partial charge in [-0.25, -0.2) is 9.59 Å². The van der Waals surface area contributed by atoms with E-state index in [0.717, 1.165) is 12.8 Å². The molecule has 1 aliphatic heterocycles. The lowest BCUT2D eigenvalue weighted by molar-refractivity contribution is -0.162. The molecule has 3 rings (SSSR count). The van der Waals surface area contributed by atoms with Crippen LogP contribution in [0.4, 0.5) is 10.5 Å². The number of hydrogen-bond donors (Lipinski definition) is 3. The van der Waals surface area contributed by atoms with E-state index in [1.165, 1.54) is 18.3 Å². The smallest absolute Gasteiger partial charge is 0.407 e. The van der Waals surface area contributed by atoms with E-state index in [4.69, 9.17) is 19.0 Å². The highest BCUT2D eigenvalue weighted by molar-refractivity contribution is 6.01. The molecule has 1 atom stereocenters. The maximum absolute atomic E-state index is 12.3. The molecule has 1 unspecified atom stereocenters. The molecule has 3 N–H and O–H groups in total. The molecule has 0 aliphatic carbocycles. The first-order valence-corrected chi connectivity index (χ1v) is 12.6. The van der Waals surface area contributed by atoms with Gasteiger partial charge in [0.25, 0.3) is 0 Å². The first-order chi connectivity index (χ1) is 18.6. The van der Waals surface area contributed by atoms with Crippen molar-refractivity contribution >= 4 is 29.4 Å². The number of rotatable bonds is 11. The quantitative estimate of drug-likeness (QED) is 0.282. The van der Waals surface area contributed by atoms with Crippen LogP contribution in [-0.2, 0) is 19.1 Å². The summed E-state index contributed by atoms with van der Waals surface area (Å²) in [5, 5.41) is 18.8. The maximum Gasteiger partial charge on any atom is 0.407 e. The van der Waals surface area contributed by atoms with Crippen LogP contribution in [0.2, 0.25) is 0 Å². The number of hydrogen-bond acceptors (Lipinski definition) is 9. The average molecular weight is 543 g/mol. The molecule has 0 radical (unpaired) electrons. The fourth-order valence-corrected chi connectivity index (χ4v) is 3.42. The highest BCUT2D eigenvalue weighted by Crippen LogP contribution is 2.19. The predicted octanol–water partition coefficient (Wildman–Crippen LogP) is 3.96. The number of alkyl carbamates (subject to hydrolysis) is 1. The highest BCUT2D eigenvalue weighted by atomic mass is 16.8. The van der Waals surface area contributed by atoms with E-state index in [2.05, 4.69) is 20.8 Å². The SMILES string of the molecule is CC(C)(C)OC(=O)NCCC(=O)Nc1cccc(OC/C(=N\OC2CCCCO2)c2cc(C(=O)O)ccn2)c1. The van der Waals surface area contributed by atoms with Gasteiger partial charge < -0.3 is 34.8 Å². The Morgan fingerprint density at radius 1 is 1.18 bits per heavy atom. The summed E-state index contributed by atoms with van der Waals surface area (Å²) < 4.78 is 16.6. The number of anilines is 1. The summed E-state index contributed by atoms with van der Waals surface area (Å²) in [6.07, 6.45) is 2.93. The summed E-state index contributed by atoms with van der Waals surface area (Å²) in [6, 6.07) is 9.49. The van der Waals surface area contributed by atoms with Gasteiger partial charge in [0.2, 0.25) is 12.2 Å². The minimum atomic E-state index is -1.10. The molecule has 2 amide bonds. The van der Waals surface area contributed by atoms with Gasteiger partial charge in [-0.15, -0.1) is 0 Å². The summed E-state index contributed by atoms with van der Waals surface area (Å²) in [6.45, 7) is 5.87. The molecule has 1 aromatic heterocycles. The minimum absolute atomic E-state index is 0.0486. The van der Waals surface area contributed by atoms with Crippen LogP contribution in [0.3, 0.4) is 0 Å². The van der Waals surface area contributed by atoms with Crippen LogP contribution in [-0.4, -0.2) is 65.4 Å². The molecule has 1 aliphatic rings. The molecular formula is C27H34N4O8. The van der Waals surface area contributed by atoms with E-state index in [9.17, 15) is 19.5 Å². The van der Waals surface area contributed by atoms with Gasteiger partial charge in [0, 0.05) is 37.3 Å². The van der Waals surface area contributed by atoms with Gasteiger partial charge in [-0.2, -0.15) is 0 Å². The van der Waals surface area contributed by atoms with Crippen LogP contribution < -0.4 is 15.4 Å². The lowest BCUT2D eigenvalue weighted by Gasteiger charge is -2.20. The second kappa shape index (κ2) is 14.1. The number of nitrogens with zero attached hydrogens (tertiary/aromatic N) is 2. The summed E-state index contributed by atoms with van der Waals surface area (Å²) in [7, 11) is 0. The topological polar surface area (TPSA) is 158 Å². The highest BCUT2D eigenvalue weighted by Gasteiger charge is 2.18. The summed E-state index contributed by atoms with van der Waals surface area (Å²) in [5.41, 5.74) is 0.476. The Bertz CT molecular complexity index is 1170. The van der Waals surface area contributed by atoms with E-state index in [-0.39, 0.29) is 42.4 Å².